The van der Waals surface area contributed by atoms with Crippen molar-refractivity contribution in [2.24, 2.45) is 11.8 Å². The molecule has 1 aliphatic rings. The number of likely N-dealkylation sites (N-methyl/N-ethyl adjacent to an activating group) is 1. The third-order valence-electron chi connectivity index (χ3n) is 4.57. The van der Waals surface area contributed by atoms with Crippen LogP contribution in [0.4, 0.5) is 13.2 Å². The summed E-state index contributed by atoms with van der Waals surface area (Å²) >= 11 is 6.17. The van der Waals surface area contributed by atoms with Gasteiger partial charge in [0.1, 0.15) is 0 Å². The molecule has 2 rings (SSSR count). The third kappa shape index (κ3) is 4.36. The standard InChI is InChI=1S/C16H21ClF3N/c1-21-15(10-12-4-2-3-5-14(12)17)11-6-8-13(9-7-11)16(18,19)20/h2-5,11,13,15,21H,6-10H2,1H3. The van der Waals surface area contributed by atoms with Crippen LogP contribution in [-0.2, 0) is 6.42 Å². The fourth-order valence-corrected chi connectivity index (χ4v) is 3.47. The molecule has 0 aliphatic heterocycles. The van der Waals surface area contributed by atoms with E-state index in [1.165, 1.54) is 0 Å². The monoisotopic (exact) mass is 319 g/mol. The summed E-state index contributed by atoms with van der Waals surface area (Å²) in [5.74, 6) is -0.837. The Balaban J connectivity index is 1.96. The van der Waals surface area contributed by atoms with Crippen LogP contribution >= 0.6 is 11.6 Å². The Bertz CT molecular complexity index is 453. The van der Waals surface area contributed by atoms with E-state index in [-0.39, 0.29) is 24.8 Å². The molecule has 0 heterocycles. The quantitative estimate of drug-likeness (QED) is 0.837. The first-order valence-electron chi connectivity index (χ1n) is 7.39. The van der Waals surface area contributed by atoms with Gasteiger partial charge >= 0.3 is 6.18 Å². The Morgan fingerprint density at radius 1 is 1.19 bits per heavy atom. The highest BCUT2D eigenvalue weighted by atomic mass is 35.5. The van der Waals surface area contributed by atoms with E-state index in [2.05, 4.69) is 5.32 Å². The highest BCUT2D eigenvalue weighted by Gasteiger charge is 2.42. The van der Waals surface area contributed by atoms with Crippen LogP contribution in [0.25, 0.3) is 0 Å². The average molecular weight is 320 g/mol. The predicted octanol–water partition coefficient (Wildman–Crippen LogP) is 4.84. The molecule has 1 unspecified atom stereocenters. The van der Waals surface area contributed by atoms with E-state index in [0.717, 1.165) is 17.0 Å². The minimum Gasteiger partial charge on any atom is -0.316 e. The van der Waals surface area contributed by atoms with Gasteiger partial charge in [-0.3, -0.25) is 0 Å². The van der Waals surface area contributed by atoms with Crippen LogP contribution in [-0.4, -0.2) is 19.3 Å². The Labute approximate surface area is 128 Å². The molecule has 1 fully saturated rings. The number of halogens is 4. The van der Waals surface area contributed by atoms with Crippen LogP contribution in [0.5, 0.6) is 0 Å². The molecule has 0 aromatic heterocycles. The van der Waals surface area contributed by atoms with E-state index in [1.807, 2.05) is 31.3 Å². The van der Waals surface area contributed by atoms with E-state index in [1.54, 1.807) is 0 Å². The van der Waals surface area contributed by atoms with Gasteiger partial charge in [0.25, 0.3) is 0 Å². The summed E-state index contributed by atoms with van der Waals surface area (Å²) in [5.41, 5.74) is 1.05. The van der Waals surface area contributed by atoms with Crippen LogP contribution in [0, 0.1) is 11.8 Å². The second kappa shape index (κ2) is 7.01. The largest absolute Gasteiger partial charge is 0.391 e. The lowest BCUT2D eigenvalue weighted by atomic mass is 9.77. The Hall–Kier alpha value is -0.740. The molecule has 0 spiro atoms. The molecule has 0 radical (unpaired) electrons. The average Bonchev–Trinajstić information content (AvgIpc) is 2.46. The van der Waals surface area contributed by atoms with Crippen molar-refractivity contribution in [3.05, 3.63) is 34.9 Å². The fraction of sp³-hybridized carbons (Fsp3) is 0.625. The number of nitrogens with one attached hydrogen (secondary N) is 1. The first kappa shape index (κ1) is 16.6. The molecular formula is C16H21ClF3N. The number of alkyl halides is 3. The van der Waals surface area contributed by atoms with Gasteiger partial charge in [0.15, 0.2) is 0 Å². The van der Waals surface area contributed by atoms with Crippen molar-refractivity contribution in [3.8, 4) is 0 Å². The third-order valence-corrected chi connectivity index (χ3v) is 4.94. The van der Waals surface area contributed by atoms with Crippen LogP contribution in [0.3, 0.4) is 0 Å². The van der Waals surface area contributed by atoms with Gasteiger partial charge in [0.05, 0.1) is 5.92 Å². The zero-order chi connectivity index (χ0) is 15.5. The summed E-state index contributed by atoms with van der Waals surface area (Å²) in [6.07, 6.45) is -1.54. The van der Waals surface area contributed by atoms with Crippen molar-refractivity contribution in [1.29, 1.82) is 0 Å². The van der Waals surface area contributed by atoms with Gasteiger partial charge in [-0.15, -0.1) is 0 Å². The SMILES string of the molecule is CNC(Cc1ccccc1Cl)C1CCC(C(F)(F)F)CC1. The fourth-order valence-electron chi connectivity index (χ4n) is 3.25. The van der Waals surface area contributed by atoms with Crippen molar-refractivity contribution in [2.75, 3.05) is 7.05 Å². The first-order valence-corrected chi connectivity index (χ1v) is 7.77. The van der Waals surface area contributed by atoms with Gasteiger partial charge < -0.3 is 5.32 Å². The summed E-state index contributed by atoms with van der Waals surface area (Å²) in [6, 6.07) is 7.83. The van der Waals surface area contributed by atoms with Crippen LogP contribution in [0.1, 0.15) is 31.2 Å². The zero-order valence-corrected chi connectivity index (χ0v) is 12.8. The predicted molar refractivity (Wildman–Crippen MR) is 79.5 cm³/mol. The molecule has 1 nitrogen and oxygen atoms in total. The summed E-state index contributed by atoms with van der Waals surface area (Å²) in [6.45, 7) is 0. The molecule has 1 aromatic rings. The van der Waals surface area contributed by atoms with Crippen molar-refractivity contribution < 1.29 is 13.2 Å². The van der Waals surface area contributed by atoms with Gasteiger partial charge in [-0.25, -0.2) is 0 Å². The topological polar surface area (TPSA) is 12.0 Å². The van der Waals surface area contributed by atoms with Crippen LogP contribution < -0.4 is 5.32 Å². The summed E-state index contributed by atoms with van der Waals surface area (Å²) in [5, 5.41) is 3.98. The molecule has 5 heteroatoms. The molecule has 1 aromatic carbocycles. The van der Waals surface area contributed by atoms with E-state index in [0.29, 0.717) is 12.8 Å². The zero-order valence-electron chi connectivity index (χ0n) is 12.1. The lowest BCUT2D eigenvalue weighted by Gasteiger charge is -2.34. The second-order valence-corrected chi connectivity index (χ2v) is 6.25. The van der Waals surface area contributed by atoms with Gasteiger partial charge in [-0.2, -0.15) is 13.2 Å². The molecule has 21 heavy (non-hydrogen) atoms. The number of hydrogen-bond acceptors (Lipinski definition) is 1. The highest BCUT2D eigenvalue weighted by molar-refractivity contribution is 6.31. The summed E-state index contributed by atoms with van der Waals surface area (Å²) in [7, 11) is 1.87. The number of hydrogen-bond donors (Lipinski definition) is 1. The van der Waals surface area contributed by atoms with Crippen molar-refractivity contribution in [3.63, 3.8) is 0 Å². The minimum atomic E-state index is -4.04. The molecule has 1 N–H and O–H groups in total. The van der Waals surface area contributed by atoms with Crippen LogP contribution in [0.15, 0.2) is 24.3 Å². The molecular weight excluding hydrogens is 299 g/mol. The minimum absolute atomic E-state index is 0.180. The molecule has 118 valence electrons. The first-order chi connectivity index (χ1) is 9.91. The Kier molecular flexibility index (Phi) is 5.55. The maximum Gasteiger partial charge on any atom is 0.391 e. The maximum absolute atomic E-state index is 12.7. The Morgan fingerprint density at radius 2 is 1.81 bits per heavy atom. The molecule has 0 bridgehead atoms. The maximum atomic E-state index is 12.7. The number of benzene rings is 1. The number of rotatable bonds is 4. The van der Waals surface area contributed by atoms with Gasteiger partial charge in [-0.1, -0.05) is 29.8 Å². The summed E-state index contributed by atoms with van der Waals surface area (Å²) < 4.78 is 38.2. The summed E-state index contributed by atoms with van der Waals surface area (Å²) in [4.78, 5) is 0. The smallest absolute Gasteiger partial charge is 0.316 e. The molecule has 1 aliphatic carbocycles. The highest BCUT2D eigenvalue weighted by Crippen LogP contribution is 2.40. The van der Waals surface area contributed by atoms with Crippen molar-refractivity contribution >= 4 is 11.6 Å². The van der Waals surface area contributed by atoms with Gasteiger partial charge in [0.2, 0.25) is 0 Å². The molecule has 1 atom stereocenters. The molecule has 0 saturated heterocycles. The van der Waals surface area contributed by atoms with Gasteiger partial charge in [0, 0.05) is 11.1 Å². The van der Waals surface area contributed by atoms with E-state index < -0.39 is 12.1 Å². The lowest BCUT2D eigenvalue weighted by molar-refractivity contribution is -0.184. The molecule has 0 amide bonds. The normalized spacial score (nSPS) is 24.8. The lowest BCUT2D eigenvalue weighted by Crippen LogP contribution is -2.39. The second-order valence-electron chi connectivity index (χ2n) is 5.84. The van der Waals surface area contributed by atoms with E-state index in [4.69, 9.17) is 11.6 Å². The molecule has 1 saturated carbocycles. The van der Waals surface area contributed by atoms with E-state index in [9.17, 15) is 13.2 Å². The van der Waals surface area contributed by atoms with Crippen molar-refractivity contribution in [2.45, 2.75) is 44.3 Å². The van der Waals surface area contributed by atoms with Gasteiger partial charge in [-0.05, 0) is 56.7 Å². The van der Waals surface area contributed by atoms with E-state index >= 15 is 0 Å². The Morgan fingerprint density at radius 3 is 2.33 bits per heavy atom. The van der Waals surface area contributed by atoms with Crippen molar-refractivity contribution in [1.82, 2.24) is 5.32 Å². The van der Waals surface area contributed by atoms with Crippen LogP contribution in [0.2, 0.25) is 5.02 Å².